The van der Waals surface area contributed by atoms with Gasteiger partial charge >= 0.3 is 11.7 Å². The lowest BCUT2D eigenvalue weighted by molar-refractivity contribution is -0.137. The van der Waals surface area contributed by atoms with Crippen molar-refractivity contribution < 1.29 is 14.7 Å². The Morgan fingerprint density at radius 3 is 2.68 bits per heavy atom. The van der Waals surface area contributed by atoms with Gasteiger partial charge in [0, 0.05) is 12.7 Å². The molecule has 0 fully saturated rings. The maximum atomic E-state index is 12.3. The number of rotatable bonds is 5. The Morgan fingerprint density at radius 2 is 2.05 bits per heavy atom. The average Bonchev–Trinajstić information content (AvgIpc) is 2.45. The molecule has 0 radical (unpaired) electrons. The number of aromatic amines is 2. The summed E-state index contributed by atoms with van der Waals surface area (Å²) in [5.74, 6) is -1.66. The normalized spacial score (nSPS) is 10.6. The number of aliphatic carboxylic acids is 1. The minimum atomic E-state index is -1.13. The average molecular weight is 306 g/mol. The van der Waals surface area contributed by atoms with Crippen LogP contribution in [0.5, 0.6) is 0 Å². The summed E-state index contributed by atoms with van der Waals surface area (Å²) < 4.78 is 0. The van der Waals surface area contributed by atoms with E-state index in [1.165, 1.54) is 12.3 Å². The third-order valence-corrected chi connectivity index (χ3v) is 2.95. The molecule has 9 heteroatoms. The smallest absolute Gasteiger partial charge is 0.327 e. The molecule has 0 atom stereocenters. The van der Waals surface area contributed by atoms with Gasteiger partial charge in [-0.25, -0.2) is 9.78 Å². The van der Waals surface area contributed by atoms with E-state index in [-0.39, 0.29) is 23.1 Å². The molecule has 0 aliphatic rings. The molecule has 0 saturated carbocycles. The van der Waals surface area contributed by atoms with Crippen LogP contribution < -0.4 is 11.2 Å². The first-order valence-corrected chi connectivity index (χ1v) is 6.55. The molecule has 3 N–H and O–H groups in total. The predicted octanol–water partition coefficient (Wildman–Crippen LogP) is -0.452. The zero-order valence-corrected chi connectivity index (χ0v) is 11.8. The van der Waals surface area contributed by atoms with Crippen LogP contribution in [0.1, 0.15) is 23.7 Å². The van der Waals surface area contributed by atoms with Gasteiger partial charge in [0.1, 0.15) is 12.2 Å². The van der Waals surface area contributed by atoms with Crippen molar-refractivity contribution in [3.8, 4) is 0 Å². The fourth-order valence-corrected chi connectivity index (χ4v) is 2.03. The highest BCUT2D eigenvalue weighted by Crippen LogP contribution is 2.09. The van der Waals surface area contributed by atoms with E-state index in [9.17, 15) is 19.2 Å². The van der Waals surface area contributed by atoms with Crippen molar-refractivity contribution in [3.63, 3.8) is 0 Å². The number of hydrogen-bond donors (Lipinski definition) is 3. The summed E-state index contributed by atoms with van der Waals surface area (Å²) in [6.07, 6.45) is 1.79. The Hall–Kier alpha value is -2.97. The summed E-state index contributed by atoms with van der Waals surface area (Å²) in [5.41, 5.74) is -1.21. The van der Waals surface area contributed by atoms with Gasteiger partial charge in [-0.2, -0.15) is 0 Å². The van der Waals surface area contributed by atoms with Crippen molar-refractivity contribution in [3.05, 3.63) is 38.7 Å². The topological polar surface area (TPSA) is 136 Å². The molecule has 0 aliphatic heterocycles. The van der Waals surface area contributed by atoms with Gasteiger partial charge < -0.3 is 10.0 Å². The van der Waals surface area contributed by atoms with Crippen molar-refractivity contribution >= 4 is 22.9 Å². The number of carboxylic acids is 1. The Balaban J connectivity index is 2.45. The molecule has 2 aromatic heterocycles. The van der Waals surface area contributed by atoms with Crippen LogP contribution in [0.3, 0.4) is 0 Å². The van der Waals surface area contributed by atoms with E-state index in [2.05, 4.69) is 9.97 Å². The number of nitrogens with zero attached hydrogens (tertiary/aromatic N) is 2. The molecule has 0 bridgehead atoms. The molecule has 0 spiro atoms. The molecular weight excluding hydrogens is 292 g/mol. The Morgan fingerprint density at radius 1 is 1.32 bits per heavy atom. The lowest BCUT2D eigenvalue weighted by Crippen LogP contribution is -2.36. The summed E-state index contributed by atoms with van der Waals surface area (Å²) in [7, 11) is 0. The minimum Gasteiger partial charge on any atom is -0.480 e. The molecule has 0 unspecified atom stereocenters. The monoisotopic (exact) mass is 306 g/mol. The Bertz CT molecular complexity index is 838. The van der Waals surface area contributed by atoms with E-state index >= 15 is 0 Å². The van der Waals surface area contributed by atoms with Crippen LogP contribution in [-0.4, -0.2) is 49.9 Å². The van der Waals surface area contributed by atoms with Gasteiger partial charge in [0.15, 0.2) is 0 Å². The lowest BCUT2D eigenvalue weighted by atomic mass is 10.2. The number of pyridine rings is 1. The van der Waals surface area contributed by atoms with E-state index in [1.54, 1.807) is 0 Å². The number of aromatic nitrogens is 3. The summed E-state index contributed by atoms with van der Waals surface area (Å²) in [5, 5.41) is 8.90. The van der Waals surface area contributed by atoms with Gasteiger partial charge in [-0.05, 0) is 12.5 Å². The van der Waals surface area contributed by atoms with Crippen molar-refractivity contribution in [2.45, 2.75) is 13.3 Å². The van der Waals surface area contributed by atoms with Crippen LogP contribution in [0.25, 0.3) is 11.0 Å². The lowest BCUT2D eigenvalue weighted by Gasteiger charge is -2.19. The van der Waals surface area contributed by atoms with E-state index < -0.39 is 29.7 Å². The molecule has 0 aromatic carbocycles. The van der Waals surface area contributed by atoms with Crippen molar-refractivity contribution in [2.24, 2.45) is 0 Å². The number of H-pyrrole nitrogens is 2. The summed E-state index contributed by atoms with van der Waals surface area (Å²) in [6, 6.07) is 1.28. The number of fused-ring (bicyclic) bond motifs is 1. The Kier molecular flexibility index (Phi) is 4.35. The molecule has 2 rings (SSSR count). The van der Waals surface area contributed by atoms with Gasteiger partial charge in [0.2, 0.25) is 0 Å². The van der Waals surface area contributed by atoms with Crippen LogP contribution in [-0.2, 0) is 4.79 Å². The summed E-state index contributed by atoms with van der Waals surface area (Å²) in [4.78, 5) is 55.4. The number of carbonyl (C=O) groups excluding carboxylic acids is 1. The fourth-order valence-electron chi connectivity index (χ4n) is 2.03. The second-order valence-electron chi connectivity index (χ2n) is 4.65. The van der Waals surface area contributed by atoms with E-state index in [4.69, 9.17) is 5.11 Å². The predicted molar refractivity (Wildman–Crippen MR) is 76.8 cm³/mol. The van der Waals surface area contributed by atoms with E-state index in [0.717, 1.165) is 4.90 Å². The van der Waals surface area contributed by atoms with Crippen LogP contribution in [0, 0.1) is 0 Å². The van der Waals surface area contributed by atoms with Gasteiger partial charge in [-0.15, -0.1) is 0 Å². The molecule has 22 heavy (non-hydrogen) atoms. The molecule has 0 aliphatic carbocycles. The first-order chi connectivity index (χ1) is 10.4. The third kappa shape index (κ3) is 3.19. The van der Waals surface area contributed by atoms with Crippen LogP contribution in [0.4, 0.5) is 0 Å². The van der Waals surface area contributed by atoms with E-state index in [0.29, 0.717) is 6.42 Å². The summed E-state index contributed by atoms with van der Waals surface area (Å²) >= 11 is 0. The van der Waals surface area contributed by atoms with Crippen molar-refractivity contribution in [1.82, 2.24) is 19.9 Å². The number of nitrogens with one attached hydrogen (secondary N) is 2. The molecule has 2 aromatic rings. The summed E-state index contributed by atoms with van der Waals surface area (Å²) in [6.45, 7) is 1.65. The first-order valence-electron chi connectivity index (χ1n) is 6.55. The number of carbonyl (C=O) groups is 2. The van der Waals surface area contributed by atoms with Crippen LogP contribution in [0.2, 0.25) is 0 Å². The number of carboxylic acid groups (broad SMARTS) is 1. The molecule has 0 saturated heterocycles. The van der Waals surface area contributed by atoms with Crippen molar-refractivity contribution in [1.29, 1.82) is 0 Å². The van der Waals surface area contributed by atoms with E-state index in [1.807, 2.05) is 11.9 Å². The Labute approximate surface area is 123 Å². The molecule has 2 heterocycles. The number of hydrogen-bond acceptors (Lipinski definition) is 5. The van der Waals surface area contributed by atoms with Crippen molar-refractivity contribution in [2.75, 3.05) is 13.1 Å². The zero-order chi connectivity index (χ0) is 16.3. The SMILES string of the molecule is CCCN(CC(=O)O)C(=O)c1cnc2[nH]c(=O)[nH]c(=O)c2c1. The highest BCUT2D eigenvalue weighted by Gasteiger charge is 2.19. The highest BCUT2D eigenvalue weighted by atomic mass is 16.4. The highest BCUT2D eigenvalue weighted by molar-refractivity contribution is 5.97. The molecule has 9 nitrogen and oxygen atoms in total. The number of amides is 1. The first kappa shape index (κ1) is 15.4. The second-order valence-corrected chi connectivity index (χ2v) is 4.65. The molecular formula is C13H14N4O5. The molecule has 116 valence electrons. The minimum absolute atomic E-state index is 0.0530. The molecule has 1 amide bonds. The second kappa shape index (κ2) is 6.20. The van der Waals surface area contributed by atoms with Gasteiger partial charge in [-0.3, -0.25) is 24.4 Å². The quantitative estimate of drug-likeness (QED) is 0.684. The standard InChI is InChI=1S/C13H14N4O5/c1-2-3-17(6-9(18)19)12(21)7-4-8-10(14-5-7)15-13(22)16-11(8)20/h4-5H,2-3,6H2,1H3,(H,18,19)(H2,14,15,16,20,22). The van der Waals surface area contributed by atoms with Gasteiger partial charge in [0.25, 0.3) is 11.5 Å². The maximum Gasteiger partial charge on any atom is 0.327 e. The van der Waals surface area contributed by atoms with Gasteiger partial charge in [0.05, 0.1) is 10.9 Å². The third-order valence-electron chi connectivity index (χ3n) is 2.95. The van der Waals surface area contributed by atoms with Crippen LogP contribution >= 0.6 is 0 Å². The fraction of sp³-hybridized carbons (Fsp3) is 0.308. The largest absolute Gasteiger partial charge is 0.480 e. The maximum absolute atomic E-state index is 12.3. The van der Waals surface area contributed by atoms with Gasteiger partial charge in [-0.1, -0.05) is 6.92 Å². The zero-order valence-electron chi connectivity index (χ0n) is 11.8. The van der Waals surface area contributed by atoms with Crippen LogP contribution in [0.15, 0.2) is 21.9 Å².